The molecule has 4 heteroatoms. The molecule has 1 aliphatic carbocycles. The molecule has 20 heavy (non-hydrogen) atoms. The van der Waals surface area contributed by atoms with Crippen LogP contribution in [-0.4, -0.2) is 34.6 Å². The molecule has 1 N–H and O–H groups in total. The lowest BCUT2D eigenvalue weighted by Crippen LogP contribution is -2.54. The van der Waals surface area contributed by atoms with Gasteiger partial charge >= 0.3 is 0 Å². The van der Waals surface area contributed by atoms with Crippen molar-refractivity contribution < 1.29 is 9.90 Å². The average Bonchev–Trinajstić information content (AvgIpc) is 2.45. The van der Waals surface area contributed by atoms with E-state index in [0.717, 1.165) is 25.7 Å². The average molecular weight is 294 g/mol. The molecule has 0 radical (unpaired) electrons. The topological polar surface area (TPSA) is 40.5 Å². The molecule has 108 valence electrons. The summed E-state index contributed by atoms with van der Waals surface area (Å²) in [6.07, 6.45) is 4.87. The second-order valence-corrected chi connectivity index (χ2v) is 6.49. The van der Waals surface area contributed by atoms with E-state index in [1.165, 1.54) is 0 Å². The Morgan fingerprint density at radius 3 is 3.00 bits per heavy atom. The van der Waals surface area contributed by atoms with E-state index in [9.17, 15) is 9.90 Å². The zero-order chi connectivity index (χ0) is 14.2. The maximum absolute atomic E-state index is 12.5. The first kappa shape index (κ1) is 13.9. The zero-order valence-corrected chi connectivity index (χ0v) is 12.3. The van der Waals surface area contributed by atoms with Gasteiger partial charge in [-0.15, -0.1) is 0 Å². The Hall–Kier alpha value is -1.06. The lowest BCUT2D eigenvalue weighted by molar-refractivity contribution is -0.0886. The standard InChI is InChI=1S/C16H20ClNO2/c17-14-6-3-4-12(10-14)15(19)18-9-8-16(20)7-2-1-5-13(16)11-18/h3-4,6,10,13,20H,1-2,5,7-9,11H2/t13-,16+/m1/s1. The maximum Gasteiger partial charge on any atom is 0.253 e. The minimum absolute atomic E-state index is 0.0279. The van der Waals surface area contributed by atoms with Gasteiger partial charge in [0.15, 0.2) is 0 Å². The number of carbonyl (C=O) groups excluding carboxylic acids is 1. The minimum atomic E-state index is -0.538. The normalized spacial score (nSPS) is 29.9. The Balaban J connectivity index is 1.74. The second-order valence-electron chi connectivity index (χ2n) is 6.06. The van der Waals surface area contributed by atoms with Crippen LogP contribution in [0.15, 0.2) is 24.3 Å². The molecule has 0 aromatic heterocycles. The molecule has 3 nitrogen and oxygen atoms in total. The van der Waals surface area contributed by atoms with E-state index in [0.29, 0.717) is 30.1 Å². The van der Waals surface area contributed by atoms with Crippen LogP contribution in [0.4, 0.5) is 0 Å². The fourth-order valence-electron chi connectivity index (χ4n) is 3.56. The lowest BCUT2D eigenvalue weighted by Gasteiger charge is -2.47. The summed E-state index contributed by atoms with van der Waals surface area (Å²) in [7, 11) is 0. The van der Waals surface area contributed by atoms with Crippen LogP contribution in [0.2, 0.25) is 5.02 Å². The van der Waals surface area contributed by atoms with Crippen LogP contribution in [0.25, 0.3) is 0 Å². The van der Waals surface area contributed by atoms with Gasteiger partial charge in [0, 0.05) is 29.6 Å². The molecule has 3 rings (SSSR count). The van der Waals surface area contributed by atoms with Gasteiger partial charge in [-0.1, -0.05) is 30.5 Å². The monoisotopic (exact) mass is 293 g/mol. The van der Waals surface area contributed by atoms with E-state index < -0.39 is 5.60 Å². The summed E-state index contributed by atoms with van der Waals surface area (Å²) < 4.78 is 0. The molecule has 0 bridgehead atoms. The molecule has 0 unspecified atom stereocenters. The van der Waals surface area contributed by atoms with Gasteiger partial charge in [0.25, 0.3) is 5.91 Å². The van der Waals surface area contributed by atoms with Crippen LogP contribution in [0.3, 0.4) is 0 Å². The number of halogens is 1. The van der Waals surface area contributed by atoms with Crippen LogP contribution in [0, 0.1) is 5.92 Å². The molecule has 0 spiro atoms. The highest BCUT2D eigenvalue weighted by Crippen LogP contribution is 2.40. The van der Waals surface area contributed by atoms with Crippen LogP contribution < -0.4 is 0 Å². The molecular weight excluding hydrogens is 274 g/mol. The summed E-state index contributed by atoms with van der Waals surface area (Å²) in [6, 6.07) is 7.09. The lowest BCUT2D eigenvalue weighted by atomic mass is 9.71. The largest absolute Gasteiger partial charge is 0.389 e. The van der Waals surface area contributed by atoms with Gasteiger partial charge in [-0.3, -0.25) is 4.79 Å². The second kappa shape index (κ2) is 5.38. The fraction of sp³-hybridized carbons (Fsp3) is 0.562. The predicted octanol–water partition coefficient (Wildman–Crippen LogP) is 3.11. The van der Waals surface area contributed by atoms with E-state index in [1.807, 2.05) is 4.90 Å². The van der Waals surface area contributed by atoms with Gasteiger partial charge in [0.1, 0.15) is 0 Å². The Morgan fingerprint density at radius 2 is 2.20 bits per heavy atom. The first-order valence-electron chi connectivity index (χ1n) is 7.36. The molecule has 1 amide bonds. The van der Waals surface area contributed by atoms with Crippen molar-refractivity contribution >= 4 is 17.5 Å². The van der Waals surface area contributed by atoms with Crippen molar-refractivity contribution in [1.29, 1.82) is 0 Å². The Labute approximate surface area is 124 Å². The molecule has 1 saturated carbocycles. The smallest absolute Gasteiger partial charge is 0.253 e. The number of benzene rings is 1. The zero-order valence-electron chi connectivity index (χ0n) is 11.5. The molecule has 1 saturated heterocycles. The Kier molecular flexibility index (Phi) is 3.74. The van der Waals surface area contributed by atoms with Crippen molar-refractivity contribution in [3.05, 3.63) is 34.9 Å². The van der Waals surface area contributed by atoms with Crippen LogP contribution in [0.1, 0.15) is 42.5 Å². The summed E-state index contributed by atoms with van der Waals surface area (Å²) >= 11 is 5.95. The van der Waals surface area contributed by atoms with Crippen molar-refractivity contribution in [2.75, 3.05) is 13.1 Å². The fourth-order valence-corrected chi connectivity index (χ4v) is 3.75. The van der Waals surface area contributed by atoms with Crippen molar-refractivity contribution in [1.82, 2.24) is 4.90 Å². The third kappa shape index (κ3) is 2.57. The SMILES string of the molecule is O=C(c1cccc(Cl)c1)N1CC[C@@]2(O)CCCC[C@@H]2C1. The number of hydrogen-bond acceptors (Lipinski definition) is 2. The number of hydrogen-bond donors (Lipinski definition) is 1. The number of amides is 1. The molecule has 1 aliphatic heterocycles. The van der Waals surface area contributed by atoms with Gasteiger partial charge in [0.05, 0.1) is 5.60 Å². The first-order valence-corrected chi connectivity index (χ1v) is 7.73. The van der Waals surface area contributed by atoms with Crippen LogP contribution in [0.5, 0.6) is 0 Å². The molecule has 2 atom stereocenters. The third-order valence-electron chi connectivity index (χ3n) is 4.79. The van der Waals surface area contributed by atoms with Crippen LogP contribution in [-0.2, 0) is 0 Å². The number of rotatable bonds is 1. The van der Waals surface area contributed by atoms with E-state index in [2.05, 4.69) is 0 Å². The number of piperidine rings is 1. The van der Waals surface area contributed by atoms with Gasteiger partial charge in [-0.05, 0) is 37.5 Å². The first-order chi connectivity index (χ1) is 9.58. The number of fused-ring (bicyclic) bond motifs is 1. The molecule has 1 heterocycles. The number of carbonyl (C=O) groups is 1. The quantitative estimate of drug-likeness (QED) is 0.864. The van der Waals surface area contributed by atoms with Gasteiger partial charge in [-0.2, -0.15) is 0 Å². The summed E-state index contributed by atoms with van der Waals surface area (Å²) in [6.45, 7) is 1.31. The van der Waals surface area contributed by atoms with Gasteiger partial charge in [-0.25, -0.2) is 0 Å². The minimum Gasteiger partial charge on any atom is -0.389 e. The highest BCUT2D eigenvalue weighted by atomic mass is 35.5. The number of likely N-dealkylation sites (tertiary alicyclic amines) is 1. The number of nitrogens with zero attached hydrogens (tertiary/aromatic N) is 1. The van der Waals surface area contributed by atoms with E-state index in [1.54, 1.807) is 24.3 Å². The Bertz CT molecular complexity index is 519. The summed E-state index contributed by atoms with van der Waals surface area (Å²) in [5.74, 6) is 0.258. The summed E-state index contributed by atoms with van der Waals surface area (Å²) in [4.78, 5) is 14.4. The van der Waals surface area contributed by atoms with E-state index in [-0.39, 0.29) is 11.8 Å². The molecule has 2 fully saturated rings. The van der Waals surface area contributed by atoms with Crippen molar-refractivity contribution in [2.24, 2.45) is 5.92 Å². The van der Waals surface area contributed by atoms with E-state index in [4.69, 9.17) is 11.6 Å². The summed E-state index contributed by atoms with van der Waals surface area (Å²) in [5.41, 5.74) is 0.0994. The highest BCUT2D eigenvalue weighted by Gasteiger charge is 2.43. The highest BCUT2D eigenvalue weighted by molar-refractivity contribution is 6.30. The van der Waals surface area contributed by atoms with Gasteiger partial charge < -0.3 is 10.0 Å². The molecule has 2 aliphatic rings. The molecular formula is C16H20ClNO2. The Morgan fingerprint density at radius 1 is 1.35 bits per heavy atom. The van der Waals surface area contributed by atoms with E-state index >= 15 is 0 Å². The number of aliphatic hydroxyl groups is 1. The van der Waals surface area contributed by atoms with Crippen molar-refractivity contribution in [2.45, 2.75) is 37.7 Å². The third-order valence-corrected chi connectivity index (χ3v) is 5.02. The van der Waals surface area contributed by atoms with Crippen molar-refractivity contribution in [3.63, 3.8) is 0 Å². The van der Waals surface area contributed by atoms with Crippen molar-refractivity contribution in [3.8, 4) is 0 Å². The predicted molar refractivity (Wildman–Crippen MR) is 78.9 cm³/mol. The maximum atomic E-state index is 12.5. The summed E-state index contributed by atoms with van der Waals surface area (Å²) in [5, 5.41) is 11.2. The molecule has 1 aromatic carbocycles. The molecule has 1 aromatic rings. The van der Waals surface area contributed by atoms with Gasteiger partial charge in [0.2, 0.25) is 0 Å². The van der Waals surface area contributed by atoms with Crippen LogP contribution >= 0.6 is 11.6 Å².